The highest BCUT2D eigenvalue weighted by atomic mass is 32.1. The van der Waals surface area contributed by atoms with E-state index in [-0.39, 0.29) is 24.2 Å². The zero-order valence-corrected chi connectivity index (χ0v) is 13.8. The van der Waals surface area contributed by atoms with Crippen molar-refractivity contribution < 1.29 is 13.7 Å². The maximum Gasteiger partial charge on any atom is 0.227 e. The second kappa shape index (κ2) is 7.35. The Morgan fingerprint density at radius 1 is 1.33 bits per heavy atom. The van der Waals surface area contributed by atoms with Gasteiger partial charge in [-0.15, -0.1) is 11.3 Å². The van der Waals surface area contributed by atoms with E-state index in [9.17, 15) is 9.18 Å². The molecule has 0 aliphatic heterocycles. The Balaban J connectivity index is 1.51. The van der Waals surface area contributed by atoms with E-state index in [1.807, 2.05) is 24.4 Å². The number of carbonyl (C=O) groups excluding carboxylic acids is 1. The lowest BCUT2D eigenvalue weighted by Crippen LogP contribution is -2.26. The first-order chi connectivity index (χ1) is 11.6. The predicted molar refractivity (Wildman–Crippen MR) is 88.9 cm³/mol. The van der Waals surface area contributed by atoms with Crippen molar-refractivity contribution in [3.05, 3.63) is 59.0 Å². The Kier molecular flexibility index (Phi) is 5.00. The minimum absolute atomic E-state index is 0.123. The van der Waals surface area contributed by atoms with Crippen molar-refractivity contribution in [1.29, 1.82) is 0 Å². The van der Waals surface area contributed by atoms with Gasteiger partial charge in [-0.2, -0.15) is 4.98 Å². The minimum atomic E-state index is -0.296. The van der Waals surface area contributed by atoms with E-state index >= 15 is 0 Å². The van der Waals surface area contributed by atoms with Gasteiger partial charge in [0.15, 0.2) is 0 Å². The van der Waals surface area contributed by atoms with E-state index in [1.165, 1.54) is 23.5 Å². The molecule has 3 aromatic rings. The Hall–Kier alpha value is -2.54. The summed E-state index contributed by atoms with van der Waals surface area (Å²) in [6.07, 6.45) is 0.623. The van der Waals surface area contributed by atoms with Crippen LogP contribution in [0.5, 0.6) is 0 Å². The molecule has 0 aliphatic rings. The molecule has 1 aromatic carbocycles. The van der Waals surface area contributed by atoms with Gasteiger partial charge in [-0.25, -0.2) is 4.39 Å². The van der Waals surface area contributed by atoms with Crippen LogP contribution in [-0.2, 0) is 11.2 Å². The number of nitrogens with one attached hydrogen (secondary N) is 1. The predicted octanol–water partition coefficient (Wildman–Crippen LogP) is 3.75. The van der Waals surface area contributed by atoms with Crippen LogP contribution in [0.4, 0.5) is 4.39 Å². The zero-order valence-electron chi connectivity index (χ0n) is 13.0. The molecule has 1 unspecified atom stereocenters. The van der Waals surface area contributed by atoms with Gasteiger partial charge in [-0.3, -0.25) is 4.79 Å². The standard InChI is InChI=1S/C17H16FN3O2S/c1-11(12-4-6-13(18)7-5-12)19-15(22)8-9-16-20-17(21-23-16)14-3-2-10-24-14/h2-7,10-11H,8-9H2,1H3,(H,19,22). The molecule has 0 bridgehead atoms. The lowest BCUT2D eigenvalue weighted by molar-refractivity contribution is -0.121. The van der Waals surface area contributed by atoms with Crippen molar-refractivity contribution in [3.63, 3.8) is 0 Å². The fourth-order valence-corrected chi connectivity index (χ4v) is 2.88. The molecule has 0 saturated carbocycles. The first-order valence-electron chi connectivity index (χ1n) is 7.53. The van der Waals surface area contributed by atoms with Crippen LogP contribution in [-0.4, -0.2) is 16.0 Å². The number of amides is 1. The molecule has 5 nitrogen and oxygen atoms in total. The van der Waals surface area contributed by atoms with Crippen LogP contribution >= 0.6 is 11.3 Å². The number of halogens is 1. The molecule has 1 amide bonds. The topological polar surface area (TPSA) is 68.0 Å². The summed E-state index contributed by atoms with van der Waals surface area (Å²) < 4.78 is 18.1. The maximum absolute atomic E-state index is 12.9. The molecular formula is C17H16FN3O2S. The van der Waals surface area contributed by atoms with Gasteiger partial charge in [0.25, 0.3) is 0 Å². The second-order valence-corrected chi connectivity index (χ2v) is 6.28. The summed E-state index contributed by atoms with van der Waals surface area (Å²) in [5, 5.41) is 8.72. The van der Waals surface area contributed by atoms with Gasteiger partial charge in [0.1, 0.15) is 5.82 Å². The van der Waals surface area contributed by atoms with Crippen molar-refractivity contribution >= 4 is 17.2 Å². The van der Waals surface area contributed by atoms with Gasteiger partial charge in [-0.1, -0.05) is 23.4 Å². The summed E-state index contributed by atoms with van der Waals surface area (Å²) in [4.78, 5) is 17.2. The molecule has 2 aromatic heterocycles. The normalized spacial score (nSPS) is 12.1. The first-order valence-corrected chi connectivity index (χ1v) is 8.41. The number of carbonyl (C=O) groups is 1. The zero-order chi connectivity index (χ0) is 16.9. The van der Waals surface area contributed by atoms with E-state index in [1.54, 1.807) is 12.1 Å². The maximum atomic E-state index is 12.9. The van der Waals surface area contributed by atoms with Gasteiger partial charge < -0.3 is 9.84 Å². The molecule has 0 fully saturated rings. The first kappa shape index (κ1) is 16.3. The smallest absolute Gasteiger partial charge is 0.227 e. The Labute approximate surface area is 142 Å². The third-order valence-corrected chi connectivity index (χ3v) is 4.39. The molecule has 0 saturated heterocycles. The molecule has 0 spiro atoms. The quantitative estimate of drug-likeness (QED) is 0.739. The molecule has 1 N–H and O–H groups in total. The van der Waals surface area contributed by atoms with Crippen molar-refractivity contribution in [2.45, 2.75) is 25.8 Å². The van der Waals surface area contributed by atoms with Crippen LogP contribution in [0, 0.1) is 5.82 Å². The molecule has 24 heavy (non-hydrogen) atoms. The fourth-order valence-electron chi connectivity index (χ4n) is 2.23. The third-order valence-electron chi connectivity index (χ3n) is 3.52. The van der Waals surface area contributed by atoms with Crippen LogP contribution in [0.25, 0.3) is 10.7 Å². The van der Waals surface area contributed by atoms with Crippen LogP contribution in [0.15, 0.2) is 46.3 Å². The van der Waals surface area contributed by atoms with Crippen molar-refractivity contribution in [2.24, 2.45) is 0 Å². The van der Waals surface area contributed by atoms with Crippen molar-refractivity contribution in [1.82, 2.24) is 15.5 Å². The summed E-state index contributed by atoms with van der Waals surface area (Å²) in [6, 6.07) is 9.71. The molecule has 1 atom stereocenters. The number of nitrogens with zero attached hydrogens (tertiary/aromatic N) is 2. The lowest BCUT2D eigenvalue weighted by Gasteiger charge is -2.13. The number of rotatable bonds is 6. The number of hydrogen-bond acceptors (Lipinski definition) is 5. The number of thiophene rings is 1. The molecule has 124 valence electrons. The monoisotopic (exact) mass is 345 g/mol. The van der Waals surface area contributed by atoms with Crippen molar-refractivity contribution in [2.75, 3.05) is 0 Å². The van der Waals surface area contributed by atoms with E-state index in [4.69, 9.17) is 4.52 Å². The highest BCUT2D eigenvalue weighted by Crippen LogP contribution is 2.21. The molecule has 7 heteroatoms. The lowest BCUT2D eigenvalue weighted by atomic mass is 10.1. The molecular weight excluding hydrogens is 329 g/mol. The number of aromatic nitrogens is 2. The van der Waals surface area contributed by atoms with Gasteiger partial charge in [0.05, 0.1) is 10.9 Å². The Bertz CT molecular complexity index is 800. The van der Waals surface area contributed by atoms with Gasteiger partial charge in [0, 0.05) is 12.8 Å². The largest absolute Gasteiger partial charge is 0.350 e. The number of aryl methyl sites for hydroxylation is 1. The number of hydrogen-bond donors (Lipinski definition) is 1. The third kappa shape index (κ3) is 4.05. The molecule has 2 heterocycles. The second-order valence-electron chi connectivity index (χ2n) is 5.33. The van der Waals surface area contributed by atoms with E-state index < -0.39 is 0 Å². The van der Waals surface area contributed by atoms with Crippen molar-refractivity contribution in [3.8, 4) is 10.7 Å². The van der Waals surface area contributed by atoms with Crippen LogP contribution in [0.1, 0.15) is 30.8 Å². The summed E-state index contributed by atoms with van der Waals surface area (Å²) in [5.41, 5.74) is 0.850. The van der Waals surface area contributed by atoms with E-state index in [2.05, 4.69) is 15.5 Å². The van der Waals surface area contributed by atoms with Crippen LogP contribution in [0.2, 0.25) is 0 Å². The summed E-state index contributed by atoms with van der Waals surface area (Å²) in [5.74, 6) is 0.556. The minimum Gasteiger partial charge on any atom is -0.350 e. The average molecular weight is 345 g/mol. The van der Waals surface area contributed by atoms with Crippen LogP contribution in [0.3, 0.4) is 0 Å². The average Bonchev–Trinajstić information content (AvgIpc) is 3.25. The van der Waals surface area contributed by atoms with Gasteiger partial charge in [0.2, 0.25) is 17.6 Å². The Morgan fingerprint density at radius 3 is 2.83 bits per heavy atom. The Morgan fingerprint density at radius 2 is 2.12 bits per heavy atom. The van der Waals surface area contributed by atoms with Gasteiger partial charge >= 0.3 is 0 Å². The fraction of sp³-hybridized carbons (Fsp3) is 0.235. The summed E-state index contributed by atoms with van der Waals surface area (Å²) in [6.45, 7) is 1.85. The van der Waals surface area contributed by atoms with E-state index in [0.717, 1.165) is 10.4 Å². The van der Waals surface area contributed by atoms with Crippen LogP contribution < -0.4 is 5.32 Å². The number of benzene rings is 1. The highest BCUT2D eigenvalue weighted by molar-refractivity contribution is 7.13. The van der Waals surface area contributed by atoms with E-state index in [0.29, 0.717) is 18.1 Å². The SMILES string of the molecule is CC(NC(=O)CCc1nc(-c2cccs2)no1)c1ccc(F)cc1. The molecule has 0 radical (unpaired) electrons. The molecule has 3 rings (SSSR count). The summed E-state index contributed by atoms with van der Waals surface area (Å²) >= 11 is 1.53. The summed E-state index contributed by atoms with van der Waals surface area (Å²) in [7, 11) is 0. The van der Waals surface area contributed by atoms with Gasteiger partial charge in [-0.05, 0) is 36.1 Å². The molecule has 0 aliphatic carbocycles. The highest BCUT2D eigenvalue weighted by Gasteiger charge is 2.13.